The summed E-state index contributed by atoms with van der Waals surface area (Å²) in [5, 5.41) is 2.63. The molecule has 0 saturated carbocycles. The van der Waals surface area contributed by atoms with Crippen LogP contribution in [0.1, 0.15) is 30.0 Å². The fraction of sp³-hybridized carbons (Fsp3) is 0.333. The van der Waals surface area contributed by atoms with Gasteiger partial charge in [0, 0.05) is 19.7 Å². The molecule has 0 saturated heterocycles. The van der Waals surface area contributed by atoms with E-state index in [1.165, 1.54) is 44.4 Å². The minimum absolute atomic E-state index is 0.0648. The van der Waals surface area contributed by atoms with Gasteiger partial charge in [0.25, 0.3) is 10.0 Å². The number of rotatable bonds is 12. The molecule has 2 amide bonds. The van der Waals surface area contributed by atoms with Crippen LogP contribution in [0.3, 0.4) is 0 Å². The number of likely N-dealkylation sites (N-methyl/N-ethyl adjacent to an activating group) is 1. The second-order valence-electron chi connectivity index (χ2n) is 9.42. The summed E-state index contributed by atoms with van der Waals surface area (Å²) < 4.78 is 40.0. The van der Waals surface area contributed by atoms with Crippen molar-refractivity contribution in [1.82, 2.24) is 10.2 Å². The number of methoxy groups -OCH3 is 2. The highest BCUT2D eigenvalue weighted by Crippen LogP contribution is 2.33. The van der Waals surface area contributed by atoms with Crippen LogP contribution < -0.4 is 19.1 Å². The predicted octanol–water partition coefficient (Wildman–Crippen LogP) is 4.07. The Bertz CT molecular complexity index is 1420. The van der Waals surface area contributed by atoms with Crippen molar-refractivity contribution in [3.8, 4) is 11.5 Å². The lowest BCUT2D eigenvalue weighted by molar-refractivity contribution is -0.140. The molecule has 0 spiro atoms. The predicted molar refractivity (Wildman–Crippen MR) is 155 cm³/mol. The Morgan fingerprint density at radius 1 is 0.900 bits per heavy atom. The van der Waals surface area contributed by atoms with Gasteiger partial charge in [-0.05, 0) is 61.2 Å². The maximum absolute atomic E-state index is 14.1. The Balaban J connectivity index is 2.13. The summed E-state index contributed by atoms with van der Waals surface area (Å²) in [6, 6.07) is 18.1. The molecule has 3 rings (SSSR count). The number of benzene rings is 3. The highest BCUT2D eigenvalue weighted by Gasteiger charge is 2.34. The highest BCUT2D eigenvalue weighted by atomic mass is 32.2. The SMILES string of the molecule is CC[C@H](C(=O)NC)N(Cc1ccccc1)C(=O)CN(c1cc(C)cc(C)c1)S(=O)(=O)c1ccc(OC)c(OC)c1. The molecular weight excluding hydrogens is 530 g/mol. The Morgan fingerprint density at radius 3 is 2.08 bits per heavy atom. The van der Waals surface area contributed by atoms with Crippen LogP contribution in [0, 0.1) is 13.8 Å². The van der Waals surface area contributed by atoms with Crippen LogP contribution in [-0.4, -0.2) is 59.0 Å². The molecule has 0 aliphatic rings. The number of amides is 2. The van der Waals surface area contributed by atoms with Crippen LogP contribution in [0.4, 0.5) is 5.69 Å². The van der Waals surface area contributed by atoms with E-state index in [0.717, 1.165) is 21.0 Å². The third kappa shape index (κ3) is 6.93. The zero-order chi connectivity index (χ0) is 29.4. The Morgan fingerprint density at radius 2 is 1.52 bits per heavy atom. The summed E-state index contributed by atoms with van der Waals surface area (Å²) in [7, 11) is 0.142. The third-order valence-corrected chi connectivity index (χ3v) is 8.31. The second-order valence-corrected chi connectivity index (χ2v) is 11.3. The summed E-state index contributed by atoms with van der Waals surface area (Å²) in [5.74, 6) is -0.220. The van der Waals surface area contributed by atoms with E-state index < -0.39 is 28.5 Å². The van der Waals surface area contributed by atoms with Crippen molar-refractivity contribution >= 4 is 27.5 Å². The third-order valence-electron chi connectivity index (χ3n) is 6.54. The fourth-order valence-corrected chi connectivity index (χ4v) is 6.01. The van der Waals surface area contributed by atoms with E-state index >= 15 is 0 Å². The maximum Gasteiger partial charge on any atom is 0.264 e. The molecule has 0 aromatic heterocycles. The van der Waals surface area contributed by atoms with E-state index in [9.17, 15) is 18.0 Å². The molecule has 0 aliphatic heterocycles. The average molecular weight is 568 g/mol. The van der Waals surface area contributed by atoms with Crippen molar-refractivity contribution in [2.45, 2.75) is 44.7 Å². The number of hydrogen-bond acceptors (Lipinski definition) is 6. The first-order chi connectivity index (χ1) is 19.0. The van der Waals surface area contributed by atoms with E-state index in [1.807, 2.05) is 57.2 Å². The molecule has 1 N–H and O–H groups in total. The molecule has 40 heavy (non-hydrogen) atoms. The molecule has 0 aliphatic carbocycles. The number of nitrogens with one attached hydrogen (secondary N) is 1. The van der Waals surface area contributed by atoms with Gasteiger partial charge < -0.3 is 19.7 Å². The van der Waals surface area contributed by atoms with E-state index in [4.69, 9.17) is 9.47 Å². The number of hydrogen-bond donors (Lipinski definition) is 1. The molecule has 10 heteroatoms. The van der Waals surface area contributed by atoms with E-state index in [-0.39, 0.29) is 23.1 Å². The van der Waals surface area contributed by atoms with Crippen LogP contribution >= 0.6 is 0 Å². The first-order valence-corrected chi connectivity index (χ1v) is 14.4. The van der Waals surface area contributed by atoms with E-state index in [0.29, 0.717) is 17.9 Å². The lowest BCUT2D eigenvalue weighted by Crippen LogP contribution is -2.51. The number of ether oxygens (including phenoxy) is 2. The van der Waals surface area contributed by atoms with Crippen LogP contribution in [0.5, 0.6) is 11.5 Å². The van der Waals surface area contributed by atoms with Gasteiger partial charge in [-0.3, -0.25) is 13.9 Å². The first-order valence-electron chi connectivity index (χ1n) is 12.9. The summed E-state index contributed by atoms with van der Waals surface area (Å²) >= 11 is 0. The molecular formula is C30H37N3O6S. The number of carbonyl (C=O) groups is 2. The van der Waals surface area contributed by atoms with Gasteiger partial charge in [0.15, 0.2) is 11.5 Å². The number of sulfonamides is 1. The number of aryl methyl sites for hydroxylation is 2. The molecule has 0 fully saturated rings. The van der Waals surface area contributed by atoms with Crippen LogP contribution in [-0.2, 0) is 26.2 Å². The van der Waals surface area contributed by atoms with Crippen molar-refractivity contribution < 1.29 is 27.5 Å². The zero-order valence-corrected chi connectivity index (χ0v) is 24.6. The monoisotopic (exact) mass is 567 g/mol. The second kappa shape index (κ2) is 13.3. The van der Waals surface area contributed by atoms with Gasteiger partial charge in [-0.2, -0.15) is 0 Å². The van der Waals surface area contributed by atoms with E-state index in [2.05, 4.69) is 5.32 Å². The van der Waals surface area contributed by atoms with Gasteiger partial charge in [-0.1, -0.05) is 43.3 Å². The Kier molecular flexibility index (Phi) is 10.2. The van der Waals surface area contributed by atoms with Crippen molar-refractivity contribution in [2.24, 2.45) is 0 Å². The highest BCUT2D eigenvalue weighted by molar-refractivity contribution is 7.92. The molecule has 214 valence electrons. The molecule has 3 aromatic rings. The minimum atomic E-state index is -4.26. The lowest BCUT2D eigenvalue weighted by Gasteiger charge is -2.33. The van der Waals surface area contributed by atoms with Crippen molar-refractivity contribution in [2.75, 3.05) is 32.1 Å². The van der Waals surface area contributed by atoms with Gasteiger partial charge in [-0.15, -0.1) is 0 Å². The van der Waals surface area contributed by atoms with Gasteiger partial charge >= 0.3 is 0 Å². The van der Waals surface area contributed by atoms with Gasteiger partial charge in [0.05, 0.1) is 24.8 Å². The maximum atomic E-state index is 14.1. The molecule has 9 nitrogen and oxygen atoms in total. The molecule has 0 bridgehead atoms. The van der Waals surface area contributed by atoms with Crippen molar-refractivity contribution in [3.63, 3.8) is 0 Å². The number of nitrogens with zero attached hydrogens (tertiary/aromatic N) is 2. The minimum Gasteiger partial charge on any atom is -0.493 e. The summed E-state index contributed by atoms with van der Waals surface area (Å²) in [6.07, 6.45) is 0.351. The van der Waals surface area contributed by atoms with Crippen LogP contribution in [0.15, 0.2) is 71.6 Å². The molecule has 0 radical (unpaired) electrons. The van der Waals surface area contributed by atoms with E-state index in [1.54, 1.807) is 12.1 Å². The quantitative estimate of drug-likeness (QED) is 0.354. The van der Waals surface area contributed by atoms with Crippen LogP contribution in [0.2, 0.25) is 0 Å². The largest absolute Gasteiger partial charge is 0.493 e. The Labute approximate surface area is 236 Å². The zero-order valence-electron chi connectivity index (χ0n) is 23.8. The smallest absolute Gasteiger partial charge is 0.264 e. The number of anilines is 1. The van der Waals surface area contributed by atoms with Gasteiger partial charge in [-0.25, -0.2) is 8.42 Å². The first kappa shape index (κ1) is 30.5. The molecule has 3 aromatic carbocycles. The standard InChI is InChI=1S/C30H37N3O6S/c1-7-26(30(35)31-4)32(19-23-11-9-8-10-12-23)29(34)20-33(24-16-21(2)15-22(3)17-24)40(36,37)25-13-14-27(38-5)28(18-25)39-6/h8-18,26H,7,19-20H2,1-6H3,(H,31,35)/t26-/m1/s1. The van der Waals surface area contributed by atoms with Crippen molar-refractivity contribution in [3.05, 3.63) is 83.4 Å². The summed E-state index contributed by atoms with van der Waals surface area (Å²) in [5.41, 5.74) is 2.84. The number of carbonyl (C=O) groups excluding carboxylic acids is 2. The average Bonchev–Trinajstić information content (AvgIpc) is 2.94. The molecule has 0 unspecified atom stereocenters. The Hall–Kier alpha value is -4.05. The van der Waals surface area contributed by atoms with Gasteiger partial charge in [0.2, 0.25) is 11.8 Å². The van der Waals surface area contributed by atoms with Crippen LogP contribution in [0.25, 0.3) is 0 Å². The normalized spacial score (nSPS) is 11.8. The fourth-order valence-electron chi connectivity index (χ4n) is 4.59. The summed E-state index contributed by atoms with van der Waals surface area (Å²) in [6.45, 7) is 5.16. The van der Waals surface area contributed by atoms with Crippen molar-refractivity contribution in [1.29, 1.82) is 0 Å². The summed E-state index contributed by atoms with van der Waals surface area (Å²) in [4.78, 5) is 28.2. The molecule has 0 heterocycles. The lowest BCUT2D eigenvalue weighted by atomic mass is 10.1. The molecule has 1 atom stereocenters. The van der Waals surface area contributed by atoms with Gasteiger partial charge in [0.1, 0.15) is 12.6 Å². The topological polar surface area (TPSA) is 105 Å².